The van der Waals surface area contributed by atoms with Crippen LogP contribution in [0.5, 0.6) is 0 Å². The molecule has 2 heterocycles. The largest absolute Gasteiger partial charge is 0.419 e. The lowest BCUT2D eigenvalue weighted by Crippen LogP contribution is -2.33. The molecule has 2 aromatic heterocycles. The van der Waals surface area contributed by atoms with Gasteiger partial charge in [0.15, 0.2) is 0 Å². The number of nitrogens with zero attached hydrogens (tertiary/aromatic N) is 4. The van der Waals surface area contributed by atoms with Crippen molar-refractivity contribution in [3.05, 3.63) is 29.6 Å². The van der Waals surface area contributed by atoms with Gasteiger partial charge in [-0.05, 0) is 57.7 Å². The van der Waals surface area contributed by atoms with Gasteiger partial charge in [-0.1, -0.05) is 0 Å². The fourth-order valence-corrected chi connectivity index (χ4v) is 5.08. The Morgan fingerprint density at radius 2 is 1.94 bits per heavy atom. The summed E-state index contributed by atoms with van der Waals surface area (Å²) in [7, 11) is 3.86. The van der Waals surface area contributed by atoms with Crippen molar-refractivity contribution in [3.8, 4) is 11.3 Å². The molecule has 0 unspecified atom stereocenters. The molecule has 31 heavy (non-hydrogen) atoms. The first-order valence-corrected chi connectivity index (χ1v) is 10.7. The number of likely N-dealkylation sites (N-methyl/N-ethyl adjacent to an activating group) is 1. The number of pyridine rings is 1. The molecule has 6 nitrogen and oxygen atoms in total. The second-order valence-corrected chi connectivity index (χ2v) is 9.10. The minimum atomic E-state index is -4.55. The Kier molecular flexibility index (Phi) is 5.76. The number of hydrogen-bond acceptors (Lipinski definition) is 5. The molecule has 0 spiro atoms. The van der Waals surface area contributed by atoms with Gasteiger partial charge in [-0.2, -0.15) is 18.3 Å². The van der Waals surface area contributed by atoms with Gasteiger partial charge < -0.3 is 15.4 Å². The maximum Gasteiger partial charge on any atom is 0.419 e. The van der Waals surface area contributed by atoms with Crippen LogP contribution < -0.4 is 5.73 Å². The van der Waals surface area contributed by atoms with Gasteiger partial charge in [-0.25, -0.2) is 4.98 Å². The zero-order valence-electron chi connectivity index (χ0n) is 18.4. The Morgan fingerprint density at radius 1 is 1.26 bits per heavy atom. The number of rotatable bonds is 7. The van der Waals surface area contributed by atoms with Gasteiger partial charge in [0.05, 0.1) is 17.9 Å². The van der Waals surface area contributed by atoms with Crippen LogP contribution in [0.3, 0.4) is 0 Å². The van der Waals surface area contributed by atoms with Crippen LogP contribution in [0.4, 0.5) is 19.0 Å². The van der Waals surface area contributed by atoms with Gasteiger partial charge in [0.2, 0.25) is 0 Å². The van der Waals surface area contributed by atoms with E-state index in [0.29, 0.717) is 35.1 Å². The number of nitrogens with two attached hydrogens (primary N) is 1. The third-order valence-electron chi connectivity index (χ3n) is 6.81. The lowest BCUT2D eigenvalue weighted by atomic mass is 10.0. The van der Waals surface area contributed by atoms with E-state index in [2.05, 4.69) is 22.0 Å². The number of nitrogen functional groups attached to an aromatic ring is 1. The second-order valence-electron chi connectivity index (χ2n) is 9.10. The van der Waals surface area contributed by atoms with Crippen molar-refractivity contribution in [1.82, 2.24) is 19.7 Å². The number of alkyl halides is 3. The fourth-order valence-electron chi connectivity index (χ4n) is 5.08. The lowest BCUT2D eigenvalue weighted by Gasteiger charge is -2.26. The lowest BCUT2D eigenvalue weighted by molar-refractivity contribution is -0.137. The number of fused-ring (bicyclic) bond motifs is 1. The Labute approximate surface area is 180 Å². The van der Waals surface area contributed by atoms with E-state index in [4.69, 9.17) is 10.5 Å². The molecule has 0 bridgehead atoms. The predicted octanol–water partition coefficient (Wildman–Crippen LogP) is 4.20. The molecule has 2 fully saturated rings. The normalized spacial score (nSPS) is 25.5. The summed E-state index contributed by atoms with van der Waals surface area (Å²) in [6.45, 7) is 5.74. The molecular weight excluding hydrogens is 407 g/mol. The van der Waals surface area contributed by atoms with E-state index in [1.807, 2.05) is 24.6 Å². The van der Waals surface area contributed by atoms with Gasteiger partial charge in [-0.15, -0.1) is 0 Å². The summed E-state index contributed by atoms with van der Waals surface area (Å²) in [5.41, 5.74) is 6.50. The molecule has 2 aliphatic carbocycles. The predicted molar refractivity (Wildman–Crippen MR) is 113 cm³/mol. The zero-order chi connectivity index (χ0) is 22.5. The molecule has 9 heteroatoms. The first-order chi connectivity index (χ1) is 14.6. The van der Waals surface area contributed by atoms with E-state index in [9.17, 15) is 13.2 Å². The summed E-state index contributed by atoms with van der Waals surface area (Å²) in [5.74, 6) is 1.11. The summed E-state index contributed by atoms with van der Waals surface area (Å²) in [6.07, 6.45) is -0.907. The molecule has 4 rings (SSSR count). The maximum atomic E-state index is 13.3. The van der Waals surface area contributed by atoms with E-state index < -0.39 is 17.6 Å². The van der Waals surface area contributed by atoms with Gasteiger partial charge in [0.25, 0.3) is 0 Å². The summed E-state index contributed by atoms with van der Waals surface area (Å²) in [6, 6.07) is 3.68. The molecular formula is C22H30F3N5O. The highest BCUT2D eigenvalue weighted by Crippen LogP contribution is 2.64. The quantitative estimate of drug-likeness (QED) is 0.703. The Balaban J connectivity index is 1.56. The molecule has 4 atom stereocenters. The smallest absolute Gasteiger partial charge is 0.383 e. The minimum Gasteiger partial charge on any atom is -0.383 e. The first kappa shape index (κ1) is 22.1. The van der Waals surface area contributed by atoms with Gasteiger partial charge in [-0.3, -0.25) is 4.68 Å². The highest BCUT2D eigenvalue weighted by atomic mass is 19.4. The summed E-state index contributed by atoms with van der Waals surface area (Å²) >= 11 is 0. The van der Waals surface area contributed by atoms with E-state index >= 15 is 0 Å². The second kappa shape index (κ2) is 8.09. The van der Waals surface area contributed by atoms with Crippen LogP contribution in [0.25, 0.3) is 11.3 Å². The van der Waals surface area contributed by atoms with Crippen molar-refractivity contribution in [2.24, 2.45) is 11.8 Å². The van der Waals surface area contributed by atoms with E-state index in [0.717, 1.165) is 37.8 Å². The Morgan fingerprint density at radius 3 is 2.52 bits per heavy atom. The van der Waals surface area contributed by atoms with Gasteiger partial charge >= 0.3 is 6.18 Å². The third-order valence-corrected chi connectivity index (χ3v) is 6.81. The van der Waals surface area contributed by atoms with Crippen molar-refractivity contribution in [3.63, 3.8) is 0 Å². The SMILES string of the molecule is COCCN(C)[C@@H]1C[C@@H]2[C@H](C1)[C@H]2c1cc(-c2cnc(N)c(C(F)(F)F)c2)nn1C(C)C. The van der Waals surface area contributed by atoms with E-state index in [1.165, 1.54) is 6.20 Å². The zero-order valence-corrected chi connectivity index (χ0v) is 18.4. The first-order valence-electron chi connectivity index (χ1n) is 10.7. The Hall–Kier alpha value is -2.13. The van der Waals surface area contributed by atoms with Crippen LogP contribution >= 0.6 is 0 Å². The average molecular weight is 438 g/mol. The standard InChI is InChI=1S/C22H30F3N5O/c1-12(2)30-19(20-15-8-14(9-16(15)20)29(3)5-6-31-4)10-18(28-30)13-7-17(22(23,24)25)21(26)27-11-13/h7,10-12,14-16,20H,5-6,8-9H2,1-4H3,(H2,26,27)/t14-,15-,16+,20+. The highest BCUT2D eigenvalue weighted by Gasteiger charge is 2.58. The molecule has 2 N–H and O–H groups in total. The van der Waals surface area contributed by atoms with Crippen molar-refractivity contribution < 1.29 is 17.9 Å². The molecule has 0 amide bonds. The number of aromatic nitrogens is 3. The minimum absolute atomic E-state index is 0.120. The molecule has 170 valence electrons. The van der Waals surface area contributed by atoms with Crippen LogP contribution in [0.1, 0.15) is 49.9 Å². The number of hydrogen-bond donors (Lipinski definition) is 1. The molecule has 2 aromatic rings. The summed E-state index contributed by atoms with van der Waals surface area (Å²) in [5, 5.41) is 4.66. The van der Waals surface area contributed by atoms with Crippen LogP contribution in [0.2, 0.25) is 0 Å². The Bertz CT molecular complexity index is 930. The van der Waals surface area contributed by atoms with Crippen LogP contribution in [0.15, 0.2) is 18.3 Å². The van der Waals surface area contributed by atoms with Gasteiger partial charge in [0.1, 0.15) is 5.82 Å². The van der Waals surface area contributed by atoms with Crippen molar-refractivity contribution in [2.45, 2.75) is 50.9 Å². The van der Waals surface area contributed by atoms with Crippen LogP contribution in [-0.4, -0.2) is 53.0 Å². The maximum absolute atomic E-state index is 13.3. The fraction of sp³-hybridized carbons (Fsp3) is 0.636. The molecule has 0 aliphatic heterocycles. The molecule has 0 saturated heterocycles. The van der Waals surface area contributed by atoms with Crippen molar-refractivity contribution in [2.75, 3.05) is 33.0 Å². The highest BCUT2D eigenvalue weighted by molar-refractivity contribution is 5.63. The number of ether oxygens (including phenoxy) is 1. The molecule has 2 saturated carbocycles. The number of anilines is 1. The van der Waals surface area contributed by atoms with Crippen molar-refractivity contribution >= 4 is 5.82 Å². The van der Waals surface area contributed by atoms with E-state index in [1.54, 1.807) is 7.11 Å². The monoisotopic (exact) mass is 437 g/mol. The van der Waals surface area contributed by atoms with Crippen LogP contribution in [-0.2, 0) is 10.9 Å². The molecule has 0 radical (unpaired) electrons. The summed E-state index contributed by atoms with van der Waals surface area (Å²) < 4.78 is 47.0. The van der Waals surface area contributed by atoms with Gasteiger partial charge in [0, 0.05) is 49.1 Å². The van der Waals surface area contributed by atoms with E-state index in [-0.39, 0.29) is 6.04 Å². The topological polar surface area (TPSA) is 69.2 Å². The third kappa shape index (κ3) is 4.17. The number of halogens is 3. The van der Waals surface area contributed by atoms with Crippen molar-refractivity contribution in [1.29, 1.82) is 0 Å². The molecule has 2 aliphatic rings. The summed E-state index contributed by atoms with van der Waals surface area (Å²) in [4.78, 5) is 6.14. The number of methoxy groups -OCH3 is 1. The average Bonchev–Trinajstić information content (AvgIpc) is 3.07. The molecule has 0 aromatic carbocycles. The van der Waals surface area contributed by atoms with Crippen LogP contribution in [0, 0.1) is 11.8 Å².